The van der Waals surface area contributed by atoms with E-state index in [4.69, 9.17) is 9.47 Å². The Bertz CT molecular complexity index is 778. The lowest BCUT2D eigenvalue weighted by atomic mass is 10.1. The average molecular weight is 573 g/mol. The van der Waals surface area contributed by atoms with Gasteiger partial charge in [0, 0.05) is 20.3 Å². The number of allylic oxidation sites excluding steroid dienone is 2. The number of unbranched alkanes of at least 4 members (excludes halogenated alkanes) is 11. The number of aliphatic carboxylic acids is 1. The molecule has 0 saturated heterocycles. The zero-order valence-electron chi connectivity index (χ0n) is 24.3. The van der Waals surface area contributed by atoms with Crippen LogP contribution >= 0.6 is 0 Å². The van der Waals surface area contributed by atoms with Gasteiger partial charge in [-0.2, -0.15) is 0 Å². The summed E-state index contributed by atoms with van der Waals surface area (Å²) in [5.74, 6) is -5.60. The lowest BCUT2D eigenvalue weighted by Crippen LogP contribution is -2.46. The molecule has 0 amide bonds. The molecular weight excluding hydrogens is 524 g/mol. The number of ether oxygens (including phenoxy) is 4. The summed E-state index contributed by atoms with van der Waals surface area (Å²) < 4.78 is 18.9. The zero-order valence-corrected chi connectivity index (χ0v) is 24.3. The van der Waals surface area contributed by atoms with Crippen molar-refractivity contribution in [3.63, 3.8) is 0 Å². The molecular formula is C29H48O11. The van der Waals surface area contributed by atoms with E-state index in [1.54, 1.807) is 0 Å². The number of esters is 4. The first-order valence-electron chi connectivity index (χ1n) is 14.3. The Morgan fingerprint density at radius 3 is 1.68 bits per heavy atom. The number of hydrogen-bond donors (Lipinski definition) is 2. The van der Waals surface area contributed by atoms with Gasteiger partial charge in [0.1, 0.15) is 19.3 Å². The van der Waals surface area contributed by atoms with Gasteiger partial charge in [0.05, 0.1) is 0 Å². The van der Waals surface area contributed by atoms with E-state index in [2.05, 4.69) is 28.5 Å². The lowest BCUT2D eigenvalue weighted by molar-refractivity contribution is -0.189. The minimum absolute atomic E-state index is 0.196. The standard InChI is InChI=1S/C29H48O11/c1-4-5-6-7-8-9-10-11-12-13-14-15-16-17-18-19-25(33)37-20-24(32)21-38-29(36)27(40-23(3)31)26(28(34)35)39-22(2)30/h11-12,24,26-27,32H,4-10,13-21H2,1-3H3,(H,34,35)/b12-11+. The van der Waals surface area contributed by atoms with Crippen molar-refractivity contribution in [3.05, 3.63) is 12.2 Å². The summed E-state index contributed by atoms with van der Waals surface area (Å²) in [5.41, 5.74) is 0. The number of carbonyl (C=O) groups is 5. The highest BCUT2D eigenvalue weighted by Crippen LogP contribution is 2.12. The molecule has 0 aliphatic rings. The third-order valence-electron chi connectivity index (χ3n) is 5.83. The average Bonchev–Trinajstić information content (AvgIpc) is 2.89. The predicted octanol–water partition coefficient (Wildman–Crippen LogP) is 4.42. The SMILES string of the molecule is CCCCCCCC/C=C/CCCCCCCC(=O)OCC(O)COC(=O)C(OC(C)=O)C(OC(C)=O)C(=O)O. The number of aliphatic hydroxyl groups excluding tert-OH is 1. The van der Waals surface area contributed by atoms with Crippen LogP contribution in [0.5, 0.6) is 0 Å². The number of carboxylic acid groups (broad SMARTS) is 1. The van der Waals surface area contributed by atoms with Gasteiger partial charge in [-0.25, -0.2) is 9.59 Å². The zero-order chi connectivity index (χ0) is 30.2. The highest BCUT2D eigenvalue weighted by molar-refractivity contribution is 5.88. The highest BCUT2D eigenvalue weighted by Gasteiger charge is 2.41. The Hall–Kier alpha value is -2.95. The smallest absolute Gasteiger partial charge is 0.352 e. The van der Waals surface area contributed by atoms with E-state index in [1.807, 2.05) is 0 Å². The molecule has 0 heterocycles. The van der Waals surface area contributed by atoms with Crippen molar-refractivity contribution < 1.29 is 53.1 Å². The number of hydrogen-bond acceptors (Lipinski definition) is 10. The van der Waals surface area contributed by atoms with Crippen molar-refractivity contribution in [1.82, 2.24) is 0 Å². The number of carboxylic acids is 1. The number of aliphatic hydroxyl groups is 1. The van der Waals surface area contributed by atoms with Gasteiger partial charge < -0.3 is 29.2 Å². The topological polar surface area (TPSA) is 163 Å². The normalized spacial score (nSPS) is 13.3. The van der Waals surface area contributed by atoms with E-state index < -0.39 is 61.4 Å². The molecule has 11 nitrogen and oxygen atoms in total. The van der Waals surface area contributed by atoms with Crippen LogP contribution in [0.15, 0.2) is 12.2 Å². The van der Waals surface area contributed by atoms with Crippen molar-refractivity contribution in [3.8, 4) is 0 Å². The second-order valence-electron chi connectivity index (χ2n) is 9.70. The molecule has 40 heavy (non-hydrogen) atoms. The molecule has 0 rings (SSSR count). The van der Waals surface area contributed by atoms with E-state index in [0.717, 1.165) is 52.4 Å². The Kier molecular flexibility index (Phi) is 22.1. The fraction of sp³-hybridized carbons (Fsp3) is 0.759. The molecule has 0 aliphatic heterocycles. The Morgan fingerprint density at radius 1 is 0.675 bits per heavy atom. The van der Waals surface area contributed by atoms with Gasteiger partial charge in [0.15, 0.2) is 0 Å². The molecule has 0 fully saturated rings. The molecule has 3 unspecified atom stereocenters. The molecule has 0 aromatic rings. The van der Waals surface area contributed by atoms with Crippen LogP contribution in [0.2, 0.25) is 0 Å². The fourth-order valence-electron chi connectivity index (χ4n) is 3.74. The molecule has 0 saturated carbocycles. The molecule has 0 aliphatic carbocycles. The van der Waals surface area contributed by atoms with Crippen molar-refractivity contribution in [2.45, 2.75) is 129 Å². The van der Waals surface area contributed by atoms with Gasteiger partial charge >= 0.3 is 29.8 Å². The second-order valence-corrected chi connectivity index (χ2v) is 9.70. The summed E-state index contributed by atoms with van der Waals surface area (Å²) in [7, 11) is 0. The third-order valence-corrected chi connectivity index (χ3v) is 5.83. The van der Waals surface area contributed by atoms with Crippen molar-refractivity contribution in [2.75, 3.05) is 13.2 Å². The summed E-state index contributed by atoms with van der Waals surface area (Å²) in [4.78, 5) is 57.9. The quantitative estimate of drug-likeness (QED) is 0.0728. The lowest BCUT2D eigenvalue weighted by Gasteiger charge is -2.22. The molecule has 0 spiro atoms. The van der Waals surface area contributed by atoms with E-state index in [-0.39, 0.29) is 6.42 Å². The van der Waals surface area contributed by atoms with Gasteiger partial charge in [0.2, 0.25) is 12.2 Å². The molecule has 230 valence electrons. The minimum atomic E-state index is -2.13. The monoisotopic (exact) mass is 572 g/mol. The van der Waals surface area contributed by atoms with Crippen LogP contribution in [0.1, 0.15) is 111 Å². The minimum Gasteiger partial charge on any atom is -0.478 e. The fourth-order valence-corrected chi connectivity index (χ4v) is 3.74. The number of carbonyl (C=O) groups excluding carboxylic acids is 4. The number of rotatable bonds is 24. The Morgan fingerprint density at radius 2 is 1.15 bits per heavy atom. The molecule has 0 aromatic heterocycles. The molecule has 0 bridgehead atoms. The predicted molar refractivity (Wildman–Crippen MR) is 146 cm³/mol. The van der Waals surface area contributed by atoms with Crippen LogP contribution in [0, 0.1) is 0 Å². The summed E-state index contributed by atoms with van der Waals surface area (Å²) in [5, 5.41) is 19.1. The van der Waals surface area contributed by atoms with Crippen molar-refractivity contribution >= 4 is 29.8 Å². The van der Waals surface area contributed by atoms with E-state index >= 15 is 0 Å². The van der Waals surface area contributed by atoms with Crippen LogP contribution in [0.3, 0.4) is 0 Å². The van der Waals surface area contributed by atoms with Crippen molar-refractivity contribution in [1.29, 1.82) is 0 Å². The second kappa shape index (κ2) is 23.9. The van der Waals surface area contributed by atoms with Crippen LogP contribution < -0.4 is 0 Å². The largest absolute Gasteiger partial charge is 0.478 e. The third kappa shape index (κ3) is 20.9. The molecule has 3 atom stereocenters. The van der Waals surface area contributed by atoms with E-state index in [0.29, 0.717) is 6.42 Å². The highest BCUT2D eigenvalue weighted by atomic mass is 16.6. The summed E-state index contributed by atoms with van der Waals surface area (Å²) in [6, 6.07) is 0. The Balaban J connectivity index is 4.04. The van der Waals surface area contributed by atoms with Gasteiger partial charge in [-0.3, -0.25) is 14.4 Å². The van der Waals surface area contributed by atoms with Gasteiger partial charge in [0.25, 0.3) is 0 Å². The summed E-state index contributed by atoms with van der Waals surface area (Å²) in [6.07, 6.45) is 14.0. The Labute approximate surface area is 237 Å². The van der Waals surface area contributed by atoms with Gasteiger partial charge in [-0.05, 0) is 32.1 Å². The van der Waals surface area contributed by atoms with Gasteiger partial charge in [-0.15, -0.1) is 0 Å². The summed E-state index contributed by atoms with van der Waals surface area (Å²) >= 11 is 0. The van der Waals surface area contributed by atoms with Crippen molar-refractivity contribution in [2.24, 2.45) is 0 Å². The van der Waals surface area contributed by atoms with E-state index in [9.17, 15) is 34.2 Å². The van der Waals surface area contributed by atoms with Crippen LogP contribution in [0.4, 0.5) is 0 Å². The first-order chi connectivity index (χ1) is 19.1. The summed E-state index contributed by atoms with van der Waals surface area (Å²) in [6.45, 7) is 2.97. The van der Waals surface area contributed by atoms with Crippen LogP contribution in [-0.2, 0) is 42.9 Å². The van der Waals surface area contributed by atoms with Gasteiger partial charge in [-0.1, -0.05) is 70.4 Å². The van der Waals surface area contributed by atoms with Crippen LogP contribution in [-0.4, -0.2) is 71.6 Å². The molecule has 2 N–H and O–H groups in total. The van der Waals surface area contributed by atoms with E-state index in [1.165, 1.54) is 38.5 Å². The molecule has 0 aromatic carbocycles. The molecule has 0 radical (unpaired) electrons. The maximum absolute atomic E-state index is 12.2. The first-order valence-corrected chi connectivity index (χ1v) is 14.3. The maximum Gasteiger partial charge on any atom is 0.352 e. The maximum atomic E-state index is 12.2. The van der Waals surface area contributed by atoms with Crippen LogP contribution in [0.25, 0.3) is 0 Å². The first kappa shape index (κ1) is 37.0. The molecule has 11 heteroatoms.